The summed E-state index contributed by atoms with van der Waals surface area (Å²) in [5.41, 5.74) is 0. The van der Waals surface area contributed by atoms with Gasteiger partial charge in [0.15, 0.2) is 0 Å². The lowest BCUT2D eigenvalue weighted by Crippen LogP contribution is -2.09. The van der Waals surface area contributed by atoms with Crippen molar-refractivity contribution >= 4 is 16.6 Å². The molecule has 0 saturated carbocycles. The molecule has 2 nitrogen and oxygen atoms in total. The van der Waals surface area contributed by atoms with Crippen molar-refractivity contribution in [2.45, 2.75) is 13.8 Å². The standard InChI is InChI=1S/C6H6O.C4H11N.Al.2H/c7-6-4-2-1-3-5-6;1-3-5-4-2;;;/h1-5,7H;5H,3-4H2,1-2H3;;;/q;;+1;;/p-1. The lowest BCUT2D eigenvalue weighted by Gasteiger charge is -1.97. The van der Waals surface area contributed by atoms with Crippen LogP contribution in [-0.2, 0) is 0 Å². The molecule has 1 rings (SSSR count). The second-order valence-electron chi connectivity index (χ2n) is 2.47. The van der Waals surface area contributed by atoms with Crippen molar-refractivity contribution in [1.29, 1.82) is 0 Å². The van der Waals surface area contributed by atoms with Gasteiger partial charge in [-0.3, -0.25) is 0 Å². The predicted molar refractivity (Wildman–Crippen MR) is 59.8 cm³/mol. The molecule has 0 radical (unpaired) electrons. The van der Waals surface area contributed by atoms with Crippen molar-refractivity contribution in [3.63, 3.8) is 0 Å². The van der Waals surface area contributed by atoms with Crippen LogP contribution in [-0.4, -0.2) is 29.7 Å². The van der Waals surface area contributed by atoms with Gasteiger partial charge in [-0.25, -0.2) is 0 Å². The molecule has 0 aliphatic heterocycles. The van der Waals surface area contributed by atoms with Gasteiger partial charge in [-0.05, 0) is 25.2 Å². The van der Waals surface area contributed by atoms with E-state index >= 15 is 0 Å². The molecule has 1 N–H and O–H groups in total. The molecule has 3 heteroatoms. The summed E-state index contributed by atoms with van der Waals surface area (Å²) in [6.07, 6.45) is 0. The van der Waals surface area contributed by atoms with Gasteiger partial charge in [0.05, 0.1) is 5.75 Å². The molecule has 0 heterocycles. The SMILES string of the molecule is CCNCC.[AlH2][O]c1ccccc1. The molecular formula is C10H18AlNO. The molecule has 1 aromatic carbocycles. The first-order chi connectivity index (χ1) is 6.35. The summed E-state index contributed by atoms with van der Waals surface area (Å²) in [5.74, 6) is 0.971. The average Bonchev–Trinajstić information content (AvgIpc) is 2.21. The van der Waals surface area contributed by atoms with E-state index in [1.54, 1.807) is 0 Å². The molecule has 0 amide bonds. The third kappa shape index (κ3) is 7.86. The van der Waals surface area contributed by atoms with Gasteiger partial charge in [-0.15, -0.1) is 0 Å². The van der Waals surface area contributed by atoms with Crippen LogP contribution < -0.4 is 9.11 Å². The van der Waals surface area contributed by atoms with Crippen molar-refractivity contribution in [2.24, 2.45) is 0 Å². The lowest BCUT2D eigenvalue weighted by atomic mass is 10.3. The predicted octanol–water partition coefficient (Wildman–Crippen LogP) is 1.23. The minimum atomic E-state index is 0.777. The van der Waals surface area contributed by atoms with Gasteiger partial charge >= 0.3 is 16.6 Å². The van der Waals surface area contributed by atoms with Gasteiger partial charge < -0.3 is 9.11 Å². The van der Waals surface area contributed by atoms with Gasteiger partial charge in [0, 0.05) is 0 Å². The Balaban J connectivity index is 0.000000252. The molecule has 0 unspecified atom stereocenters. The largest absolute Gasteiger partial charge is 0.647 e. The van der Waals surface area contributed by atoms with Crippen LogP contribution in [0.5, 0.6) is 5.75 Å². The van der Waals surface area contributed by atoms with E-state index in [2.05, 4.69) is 19.2 Å². The van der Waals surface area contributed by atoms with Crippen LogP contribution in [0.2, 0.25) is 0 Å². The number of hydrogen-bond donors (Lipinski definition) is 1. The highest BCUT2D eigenvalue weighted by Crippen LogP contribution is 2.05. The fourth-order valence-corrected chi connectivity index (χ4v) is 1.08. The first kappa shape index (κ1) is 12.5. The number of rotatable bonds is 3. The average molecular weight is 195 g/mol. The zero-order valence-corrected chi connectivity index (χ0v) is 10.7. The van der Waals surface area contributed by atoms with Gasteiger partial charge in [0.2, 0.25) is 0 Å². The van der Waals surface area contributed by atoms with Gasteiger partial charge in [-0.2, -0.15) is 0 Å². The Morgan fingerprint density at radius 1 is 1.15 bits per heavy atom. The van der Waals surface area contributed by atoms with Gasteiger partial charge in [-0.1, -0.05) is 32.0 Å². The minimum absolute atomic E-state index is 0.777. The van der Waals surface area contributed by atoms with Crippen molar-refractivity contribution in [3.8, 4) is 5.75 Å². The Labute approximate surface area is 89.1 Å². The fourth-order valence-electron chi connectivity index (χ4n) is 0.807. The smallest absolute Gasteiger partial charge is 0.496 e. The second-order valence-corrected chi connectivity index (χ2v) is 2.88. The van der Waals surface area contributed by atoms with E-state index in [1.807, 2.05) is 30.3 Å². The Kier molecular flexibility index (Phi) is 9.24. The highest BCUT2D eigenvalue weighted by atomic mass is 27.1. The van der Waals surface area contributed by atoms with Crippen molar-refractivity contribution in [2.75, 3.05) is 13.1 Å². The molecule has 0 atom stereocenters. The van der Waals surface area contributed by atoms with Crippen molar-refractivity contribution in [1.82, 2.24) is 5.32 Å². The van der Waals surface area contributed by atoms with E-state index in [0.29, 0.717) is 0 Å². The summed E-state index contributed by atoms with van der Waals surface area (Å²) in [4.78, 5) is 0. The molecule has 0 bridgehead atoms. The molecule has 0 aromatic heterocycles. The zero-order chi connectivity index (χ0) is 9.94. The number of para-hydroxylation sites is 1. The molecule has 72 valence electrons. The minimum Gasteiger partial charge on any atom is -0.647 e. The molecule has 1 aromatic rings. The second kappa shape index (κ2) is 9.60. The fraction of sp³-hybridized carbons (Fsp3) is 0.400. The summed E-state index contributed by atoms with van der Waals surface area (Å²) in [6, 6.07) is 9.81. The third-order valence-electron chi connectivity index (χ3n) is 1.48. The summed E-state index contributed by atoms with van der Waals surface area (Å²) in [7, 11) is 0. The molecule has 0 aliphatic rings. The van der Waals surface area contributed by atoms with E-state index in [1.165, 1.54) is 0 Å². The van der Waals surface area contributed by atoms with Crippen LogP contribution in [0.15, 0.2) is 30.3 Å². The lowest BCUT2D eigenvalue weighted by molar-refractivity contribution is 0.616. The van der Waals surface area contributed by atoms with E-state index in [4.69, 9.17) is 3.79 Å². The van der Waals surface area contributed by atoms with E-state index < -0.39 is 0 Å². The topological polar surface area (TPSA) is 21.3 Å². The van der Waals surface area contributed by atoms with Crippen LogP contribution in [0, 0.1) is 0 Å². The van der Waals surface area contributed by atoms with Crippen molar-refractivity contribution in [3.05, 3.63) is 30.3 Å². The summed E-state index contributed by atoms with van der Waals surface area (Å²) < 4.78 is 5.05. The van der Waals surface area contributed by atoms with E-state index in [0.717, 1.165) is 35.5 Å². The van der Waals surface area contributed by atoms with Gasteiger partial charge in [0.25, 0.3) is 0 Å². The van der Waals surface area contributed by atoms with E-state index in [9.17, 15) is 0 Å². The maximum atomic E-state index is 5.05. The molecule has 13 heavy (non-hydrogen) atoms. The first-order valence-corrected chi connectivity index (χ1v) is 5.46. The van der Waals surface area contributed by atoms with Crippen LogP contribution in [0.1, 0.15) is 13.8 Å². The van der Waals surface area contributed by atoms with Crippen LogP contribution >= 0.6 is 0 Å². The maximum Gasteiger partial charge on any atom is 0.496 e. The third-order valence-corrected chi connectivity index (χ3v) is 1.95. The summed E-state index contributed by atoms with van der Waals surface area (Å²) in [6.45, 7) is 6.39. The van der Waals surface area contributed by atoms with Crippen LogP contribution in [0.25, 0.3) is 0 Å². The summed E-state index contributed by atoms with van der Waals surface area (Å²) in [5, 5.41) is 3.11. The van der Waals surface area contributed by atoms with Gasteiger partial charge in [0.1, 0.15) is 0 Å². The Morgan fingerprint density at radius 3 is 1.92 bits per heavy atom. The molecule has 0 spiro atoms. The number of benzene rings is 1. The monoisotopic (exact) mass is 195 g/mol. The molecular weight excluding hydrogens is 177 g/mol. The Morgan fingerprint density at radius 2 is 1.69 bits per heavy atom. The van der Waals surface area contributed by atoms with E-state index in [-0.39, 0.29) is 0 Å². The molecule has 0 aliphatic carbocycles. The highest BCUT2D eigenvalue weighted by Gasteiger charge is 1.79. The van der Waals surface area contributed by atoms with Crippen molar-refractivity contribution < 1.29 is 3.79 Å². The normalized spacial score (nSPS) is 8.46. The summed E-state index contributed by atoms with van der Waals surface area (Å²) >= 11 is 0.777. The van der Waals surface area contributed by atoms with Crippen LogP contribution in [0.3, 0.4) is 0 Å². The maximum absolute atomic E-state index is 5.05. The Hall–Kier alpha value is -0.488. The number of hydrogen-bond acceptors (Lipinski definition) is 2. The van der Waals surface area contributed by atoms with Crippen LogP contribution in [0.4, 0.5) is 0 Å². The highest BCUT2D eigenvalue weighted by molar-refractivity contribution is 5.99. The molecule has 0 fully saturated rings. The quantitative estimate of drug-likeness (QED) is 0.732. The molecule has 0 saturated heterocycles. The first-order valence-electron chi connectivity index (χ1n) is 4.64. The zero-order valence-electron chi connectivity index (χ0n) is 8.71. The Bertz CT molecular complexity index is 189. The number of nitrogens with one attached hydrogen (secondary N) is 1.